The second-order valence-electron chi connectivity index (χ2n) is 2.56. The lowest BCUT2D eigenvalue weighted by Crippen LogP contribution is -2.08. The number of rotatable bonds is 1. The molecule has 1 unspecified atom stereocenters. The maximum atomic E-state index is 4.09. The van der Waals surface area contributed by atoms with Crippen LogP contribution in [-0.4, -0.2) is 28.3 Å². The Bertz CT molecular complexity index is 192. The second kappa shape index (κ2) is 3.69. The molecule has 1 aliphatic rings. The molecule has 0 amide bonds. The lowest BCUT2D eigenvalue weighted by Gasteiger charge is -2.00. The van der Waals surface area contributed by atoms with Crippen LogP contribution in [-0.2, 0) is 0 Å². The summed E-state index contributed by atoms with van der Waals surface area (Å²) in [5.74, 6) is 1.58. The van der Waals surface area contributed by atoms with Gasteiger partial charge in [0.05, 0.1) is 0 Å². The number of halogens is 1. The van der Waals surface area contributed by atoms with Crippen molar-refractivity contribution in [3.63, 3.8) is 0 Å². The topological polar surface area (TPSA) is 53.6 Å². The summed E-state index contributed by atoms with van der Waals surface area (Å²) in [6, 6.07) is 0. The van der Waals surface area contributed by atoms with Crippen molar-refractivity contribution in [3.05, 3.63) is 12.2 Å². The van der Waals surface area contributed by atoms with Crippen LogP contribution in [0.4, 0.5) is 0 Å². The van der Waals surface area contributed by atoms with E-state index >= 15 is 0 Å². The van der Waals surface area contributed by atoms with Crippen LogP contribution in [0.3, 0.4) is 0 Å². The third-order valence-corrected chi connectivity index (χ3v) is 1.88. The molecule has 0 bridgehead atoms. The van der Waals surface area contributed by atoms with E-state index in [0.29, 0.717) is 5.92 Å². The molecule has 2 N–H and O–H groups in total. The molecule has 1 aromatic heterocycles. The Morgan fingerprint density at radius 1 is 1.55 bits per heavy atom. The third kappa shape index (κ3) is 1.70. The van der Waals surface area contributed by atoms with Crippen molar-refractivity contribution in [2.75, 3.05) is 13.1 Å². The van der Waals surface area contributed by atoms with E-state index in [0.717, 1.165) is 18.9 Å². The van der Waals surface area contributed by atoms with E-state index in [2.05, 4.69) is 20.5 Å². The first-order chi connectivity index (χ1) is 4.97. The van der Waals surface area contributed by atoms with Gasteiger partial charge in [-0.3, -0.25) is 5.10 Å². The molecule has 5 heteroatoms. The molecule has 2 heterocycles. The fourth-order valence-corrected chi connectivity index (χ4v) is 1.30. The molecule has 1 fully saturated rings. The van der Waals surface area contributed by atoms with Gasteiger partial charge in [0.25, 0.3) is 0 Å². The summed E-state index contributed by atoms with van der Waals surface area (Å²) < 4.78 is 0. The average Bonchev–Trinajstić information content (AvgIpc) is 2.59. The van der Waals surface area contributed by atoms with Crippen molar-refractivity contribution in [2.24, 2.45) is 0 Å². The first-order valence-electron chi connectivity index (χ1n) is 3.53. The van der Waals surface area contributed by atoms with Crippen LogP contribution >= 0.6 is 12.4 Å². The minimum atomic E-state index is 0. The highest BCUT2D eigenvalue weighted by Gasteiger charge is 2.18. The van der Waals surface area contributed by atoms with E-state index in [1.807, 2.05) is 0 Å². The van der Waals surface area contributed by atoms with Gasteiger partial charge in [0.2, 0.25) is 0 Å². The fraction of sp³-hybridized carbons (Fsp3) is 0.667. The van der Waals surface area contributed by atoms with Gasteiger partial charge >= 0.3 is 0 Å². The zero-order valence-electron chi connectivity index (χ0n) is 6.08. The molecule has 4 nitrogen and oxygen atoms in total. The van der Waals surface area contributed by atoms with Gasteiger partial charge in [-0.2, -0.15) is 5.10 Å². The molecule has 0 aromatic carbocycles. The number of hydrogen-bond donors (Lipinski definition) is 2. The molecule has 1 aromatic rings. The predicted molar refractivity (Wildman–Crippen MR) is 43.9 cm³/mol. The van der Waals surface area contributed by atoms with E-state index in [4.69, 9.17) is 0 Å². The first-order valence-corrected chi connectivity index (χ1v) is 3.53. The minimum absolute atomic E-state index is 0. The highest BCUT2D eigenvalue weighted by Crippen LogP contribution is 2.16. The molecule has 1 aliphatic heterocycles. The van der Waals surface area contributed by atoms with Crippen LogP contribution < -0.4 is 5.32 Å². The Labute approximate surface area is 71.2 Å². The highest BCUT2D eigenvalue weighted by atomic mass is 35.5. The Hall–Kier alpha value is -0.610. The highest BCUT2D eigenvalue weighted by molar-refractivity contribution is 5.85. The summed E-state index contributed by atoms with van der Waals surface area (Å²) in [5.41, 5.74) is 0. The van der Waals surface area contributed by atoms with Gasteiger partial charge in [-0.1, -0.05) is 0 Å². The van der Waals surface area contributed by atoms with Gasteiger partial charge < -0.3 is 5.32 Å². The number of hydrogen-bond acceptors (Lipinski definition) is 3. The van der Waals surface area contributed by atoms with E-state index < -0.39 is 0 Å². The third-order valence-electron chi connectivity index (χ3n) is 1.88. The molecular weight excluding hydrogens is 164 g/mol. The Kier molecular flexibility index (Phi) is 2.84. The zero-order chi connectivity index (χ0) is 6.81. The molecule has 62 valence electrons. The number of H-pyrrole nitrogens is 1. The van der Waals surface area contributed by atoms with Gasteiger partial charge in [0.15, 0.2) is 0 Å². The van der Waals surface area contributed by atoms with Gasteiger partial charge in [0.1, 0.15) is 12.2 Å². The molecular formula is C6H11ClN4. The van der Waals surface area contributed by atoms with Gasteiger partial charge in [-0.05, 0) is 13.0 Å². The normalized spacial score (nSPS) is 23.1. The van der Waals surface area contributed by atoms with Gasteiger partial charge in [0, 0.05) is 12.5 Å². The maximum absolute atomic E-state index is 4.09. The van der Waals surface area contributed by atoms with Crippen molar-refractivity contribution in [1.82, 2.24) is 20.5 Å². The number of nitrogens with zero attached hydrogens (tertiary/aromatic N) is 2. The molecule has 0 radical (unpaired) electrons. The van der Waals surface area contributed by atoms with Crippen LogP contribution in [0, 0.1) is 0 Å². The SMILES string of the molecule is Cl.c1n[nH]c(C2CCNC2)n1. The summed E-state index contributed by atoms with van der Waals surface area (Å²) in [6.07, 6.45) is 2.74. The summed E-state index contributed by atoms with van der Waals surface area (Å²) in [5, 5.41) is 9.95. The molecule has 1 atom stereocenters. The molecule has 2 rings (SSSR count). The predicted octanol–water partition coefficient (Wildman–Crippen LogP) is 0.303. The van der Waals surface area contributed by atoms with Gasteiger partial charge in [-0.25, -0.2) is 4.98 Å². The Morgan fingerprint density at radius 2 is 2.45 bits per heavy atom. The zero-order valence-corrected chi connectivity index (χ0v) is 6.90. The summed E-state index contributed by atoms with van der Waals surface area (Å²) >= 11 is 0. The number of nitrogens with one attached hydrogen (secondary N) is 2. The van der Waals surface area contributed by atoms with Crippen LogP contribution in [0.2, 0.25) is 0 Å². The van der Waals surface area contributed by atoms with E-state index in [9.17, 15) is 0 Å². The van der Waals surface area contributed by atoms with Crippen molar-refractivity contribution >= 4 is 12.4 Å². The van der Waals surface area contributed by atoms with Crippen LogP contribution in [0.15, 0.2) is 6.33 Å². The Morgan fingerprint density at radius 3 is 3.00 bits per heavy atom. The van der Waals surface area contributed by atoms with Crippen LogP contribution in [0.25, 0.3) is 0 Å². The van der Waals surface area contributed by atoms with Crippen molar-refractivity contribution in [3.8, 4) is 0 Å². The number of aromatic nitrogens is 3. The molecule has 0 aliphatic carbocycles. The van der Waals surface area contributed by atoms with E-state index in [1.54, 1.807) is 6.33 Å². The van der Waals surface area contributed by atoms with Crippen LogP contribution in [0.5, 0.6) is 0 Å². The minimum Gasteiger partial charge on any atom is -0.316 e. The van der Waals surface area contributed by atoms with E-state index in [-0.39, 0.29) is 12.4 Å². The fourth-order valence-electron chi connectivity index (χ4n) is 1.30. The first kappa shape index (κ1) is 8.49. The van der Waals surface area contributed by atoms with Crippen molar-refractivity contribution < 1.29 is 0 Å². The smallest absolute Gasteiger partial charge is 0.137 e. The van der Waals surface area contributed by atoms with Gasteiger partial charge in [-0.15, -0.1) is 12.4 Å². The summed E-state index contributed by atoms with van der Waals surface area (Å²) in [7, 11) is 0. The molecule has 11 heavy (non-hydrogen) atoms. The van der Waals surface area contributed by atoms with Crippen LogP contribution in [0.1, 0.15) is 18.2 Å². The monoisotopic (exact) mass is 174 g/mol. The van der Waals surface area contributed by atoms with E-state index in [1.165, 1.54) is 6.42 Å². The quantitative estimate of drug-likeness (QED) is 0.644. The summed E-state index contributed by atoms with van der Waals surface area (Å²) in [6.45, 7) is 2.14. The second-order valence-corrected chi connectivity index (χ2v) is 2.56. The maximum Gasteiger partial charge on any atom is 0.137 e. The lowest BCUT2D eigenvalue weighted by atomic mass is 10.1. The largest absolute Gasteiger partial charge is 0.316 e. The Balaban J connectivity index is 0.000000605. The summed E-state index contributed by atoms with van der Waals surface area (Å²) in [4.78, 5) is 4.09. The van der Waals surface area contributed by atoms with Crippen molar-refractivity contribution in [2.45, 2.75) is 12.3 Å². The molecule has 0 spiro atoms. The average molecular weight is 175 g/mol. The molecule has 0 saturated carbocycles. The molecule has 1 saturated heterocycles. The lowest BCUT2D eigenvalue weighted by molar-refractivity contribution is 0.706. The van der Waals surface area contributed by atoms with Crippen molar-refractivity contribution in [1.29, 1.82) is 0 Å². The number of aromatic amines is 1. The standard InChI is InChI=1S/C6H10N4.ClH/c1-2-7-3-5(1)6-8-4-9-10-6;/h4-5,7H,1-3H2,(H,8,9,10);1H.